The molecule has 2 bridgehead atoms. The summed E-state index contributed by atoms with van der Waals surface area (Å²) in [6, 6.07) is 4.07. The number of nitrogens with zero attached hydrogens (tertiary/aromatic N) is 1. The lowest BCUT2D eigenvalue weighted by Crippen LogP contribution is -3.00. The van der Waals surface area contributed by atoms with Crippen molar-refractivity contribution < 1.29 is 52.7 Å². The molecular weight excluding hydrogens is 637 g/mol. The third-order valence-electron chi connectivity index (χ3n) is 11.2. The second-order valence-electron chi connectivity index (χ2n) is 13.2. The molecule has 1 aromatic rings. The maximum Gasteiger partial charge on any atom is 0.316 e. The first-order chi connectivity index (χ1) is 18.5. The fourth-order valence-electron chi connectivity index (χ4n) is 8.52. The normalized spacial score (nSPS) is 40.9. The minimum absolute atomic E-state index is 0. The Labute approximate surface area is 261 Å². The van der Waals surface area contributed by atoms with Crippen LogP contribution in [0, 0.1) is 34.0 Å². The van der Waals surface area contributed by atoms with Gasteiger partial charge in [-0.1, -0.05) is 33.8 Å². The highest BCUT2D eigenvalue weighted by Crippen LogP contribution is 2.68. The quantitative estimate of drug-likeness (QED) is 0.156. The lowest BCUT2D eigenvalue weighted by molar-refractivity contribution is -0.703. The van der Waals surface area contributed by atoms with Gasteiger partial charge in [0.05, 0.1) is 11.9 Å². The van der Waals surface area contributed by atoms with Gasteiger partial charge >= 0.3 is 5.97 Å². The fourth-order valence-corrected chi connectivity index (χ4v) is 9.19. The van der Waals surface area contributed by atoms with Crippen molar-refractivity contribution in [1.82, 2.24) is 0 Å². The van der Waals surface area contributed by atoms with Crippen LogP contribution in [0.15, 0.2) is 42.1 Å². The molecular formula is C32H46INO5S. The van der Waals surface area contributed by atoms with E-state index < -0.39 is 23.0 Å². The number of aliphatic hydroxyl groups is 1. The summed E-state index contributed by atoms with van der Waals surface area (Å²) in [5.74, 6) is 0.202. The number of esters is 1. The average molecular weight is 684 g/mol. The smallest absolute Gasteiger partial charge is 0.316 e. The Bertz CT molecular complexity index is 1090. The number of aliphatic hydroxyl groups excluding tert-OH is 1. The highest BCUT2D eigenvalue weighted by Gasteiger charge is 2.68. The average Bonchev–Trinajstić information content (AvgIpc) is 3.57. The van der Waals surface area contributed by atoms with E-state index >= 15 is 0 Å². The highest BCUT2D eigenvalue weighted by atomic mass is 127. The standard InChI is InChI=1S/C32H46NO5S.HI/c1-6-30(4)18-26(31(5)21(2)9-13-32(22(3)29(30)36)14-10-25(34)28(31)32)38-27(35)20-39-24-11-15-33(16-12-24)19-23-8-7-17-37-23;/h6,11-12,15-16,21-23,26,28-29,36H,1,7-10,13-14,17-20H2,2-5H3;1H/q+1;/p-1/t21-,22+,23?,26-,28+,29+,30-,31+,32+;/m1./s1. The van der Waals surface area contributed by atoms with Crippen LogP contribution in [-0.4, -0.2) is 47.5 Å². The van der Waals surface area contributed by atoms with E-state index in [2.05, 4.69) is 31.9 Å². The first-order valence-electron chi connectivity index (χ1n) is 14.8. The highest BCUT2D eigenvalue weighted by molar-refractivity contribution is 8.00. The van der Waals surface area contributed by atoms with Crippen molar-refractivity contribution in [3.63, 3.8) is 0 Å². The minimum Gasteiger partial charge on any atom is -1.00 e. The number of ketones is 1. The van der Waals surface area contributed by atoms with Crippen molar-refractivity contribution in [2.45, 2.75) is 102 Å². The van der Waals surface area contributed by atoms with E-state index in [9.17, 15) is 14.7 Å². The summed E-state index contributed by atoms with van der Waals surface area (Å²) in [5.41, 5.74) is -1.36. The molecule has 1 saturated heterocycles. The SMILES string of the molecule is C=C[C@]1(C)C[C@@H](OC(=O)CSc2cc[n+](CC3CCCO3)cc2)[C@]2(C)[C@H](C)CC[C@]3(CCC(=O)[C@H]32)[C@@H](C)[C@@H]1O.[I-]. The Balaban J connectivity index is 0.00000370. The zero-order valence-electron chi connectivity index (χ0n) is 24.4. The molecule has 3 saturated carbocycles. The molecule has 0 spiro atoms. The molecule has 1 N–H and O–H groups in total. The number of carbonyl (C=O) groups is 2. The summed E-state index contributed by atoms with van der Waals surface area (Å²) in [7, 11) is 0. The van der Waals surface area contributed by atoms with Crippen LogP contribution in [0.2, 0.25) is 0 Å². The molecule has 40 heavy (non-hydrogen) atoms. The fraction of sp³-hybridized carbons (Fsp3) is 0.719. The van der Waals surface area contributed by atoms with Gasteiger partial charge < -0.3 is 38.6 Å². The van der Waals surface area contributed by atoms with Gasteiger partial charge in [0.1, 0.15) is 18.0 Å². The molecule has 0 aromatic carbocycles. The predicted molar refractivity (Wildman–Crippen MR) is 151 cm³/mol. The summed E-state index contributed by atoms with van der Waals surface area (Å²) in [5, 5.41) is 11.7. The van der Waals surface area contributed by atoms with Gasteiger partial charge in [-0.15, -0.1) is 18.3 Å². The zero-order valence-corrected chi connectivity index (χ0v) is 27.4. The maximum absolute atomic E-state index is 13.5. The van der Waals surface area contributed by atoms with Crippen molar-refractivity contribution in [3.05, 3.63) is 37.2 Å². The van der Waals surface area contributed by atoms with Crippen LogP contribution in [-0.2, 0) is 25.6 Å². The Hall–Kier alpha value is -0.970. The Morgan fingerprint density at radius 1 is 1.25 bits per heavy atom. The molecule has 9 atom stereocenters. The molecule has 4 fully saturated rings. The van der Waals surface area contributed by atoms with Crippen LogP contribution in [0.4, 0.5) is 0 Å². The number of halogens is 1. The Morgan fingerprint density at radius 3 is 2.62 bits per heavy atom. The molecule has 8 heteroatoms. The van der Waals surface area contributed by atoms with Gasteiger partial charge in [0.25, 0.3) is 0 Å². The van der Waals surface area contributed by atoms with Crippen molar-refractivity contribution >= 4 is 23.5 Å². The van der Waals surface area contributed by atoms with Gasteiger partial charge in [-0.2, -0.15) is 0 Å². The zero-order chi connectivity index (χ0) is 28.0. The van der Waals surface area contributed by atoms with Gasteiger partial charge in [0.15, 0.2) is 18.9 Å². The third kappa shape index (κ3) is 5.55. The van der Waals surface area contributed by atoms with E-state index in [1.807, 2.05) is 37.5 Å². The number of Topliss-reactive ketones (excluding diaryl/α,β-unsaturated/α-hetero) is 1. The number of hydrogen-bond donors (Lipinski definition) is 1. The summed E-state index contributed by atoms with van der Waals surface area (Å²) in [4.78, 5) is 27.9. The monoisotopic (exact) mass is 683 g/mol. The van der Waals surface area contributed by atoms with Gasteiger partial charge in [-0.3, -0.25) is 9.59 Å². The number of carbonyl (C=O) groups excluding carboxylic acids is 2. The number of hydrogen-bond acceptors (Lipinski definition) is 6. The second-order valence-corrected chi connectivity index (χ2v) is 14.3. The van der Waals surface area contributed by atoms with Crippen LogP contribution >= 0.6 is 11.8 Å². The molecule has 1 aliphatic heterocycles. The lowest BCUT2D eigenvalue weighted by Gasteiger charge is -2.61. The summed E-state index contributed by atoms with van der Waals surface area (Å²) in [6.45, 7) is 14.3. The van der Waals surface area contributed by atoms with E-state index in [1.54, 1.807) is 0 Å². The summed E-state index contributed by atoms with van der Waals surface area (Å²) >= 11 is 1.47. The second kappa shape index (κ2) is 12.3. The Morgan fingerprint density at radius 2 is 1.98 bits per heavy atom. The maximum atomic E-state index is 13.5. The van der Waals surface area contributed by atoms with Crippen molar-refractivity contribution in [1.29, 1.82) is 0 Å². The molecule has 222 valence electrons. The van der Waals surface area contributed by atoms with E-state index in [0.717, 1.165) is 50.2 Å². The predicted octanol–water partition coefficient (Wildman–Crippen LogP) is 2.16. The molecule has 0 radical (unpaired) electrons. The molecule has 0 amide bonds. The van der Waals surface area contributed by atoms with E-state index in [-0.39, 0.29) is 70.8 Å². The van der Waals surface area contributed by atoms with Gasteiger partial charge in [-0.05, 0) is 55.8 Å². The van der Waals surface area contributed by atoms with Crippen molar-refractivity contribution in [2.75, 3.05) is 12.4 Å². The van der Waals surface area contributed by atoms with Crippen LogP contribution < -0.4 is 28.5 Å². The minimum atomic E-state index is -0.650. The summed E-state index contributed by atoms with van der Waals surface area (Å²) in [6.07, 6.45) is 11.0. The summed E-state index contributed by atoms with van der Waals surface area (Å²) < 4.78 is 14.2. The third-order valence-corrected chi connectivity index (χ3v) is 12.2. The first-order valence-corrected chi connectivity index (χ1v) is 15.8. The van der Waals surface area contributed by atoms with Crippen molar-refractivity contribution in [3.8, 4) is 0 Å². The number of aromatic nitrogens is 1. The molecule has 5 rings (SSSR count). The topological polar surface area (TPSA) is 76.7 Å². The molecule has 1 unspecified atom stereocenters. The molecule has 2 heterocycles. The van der Waals surface area contributed by atoms with E-state index in [4.69, 9.17) is 9.47 Å². The molecule has 1 aromatic heterocycles. The number of thioether (sulfide) groups is 1. The number of pyridine rings is 1. The van der Waals surface area contributed by atoms with E-state index in [0.29, 0.717) is 12.8 Å². The largest absolute Gasteiger partial charge is 1.00 e. The van der Waals surface area contributed by atoms with Crippen molar-refractivity contribution in [2.24, 2.45) is 34.0 Å². The van der Waals surface area contributed by atoms with Crippen LogP contribution in [0.5, 0.6) is 0 Å². The van der Waals surface area contributed by atoms with Gasteiger partial charge in [0.2, 0.25) is 0 Å². The van der Waals surface area contributed by atoms with Crippen LogP contribution in [0.1, 0.15) is 72.6 Å². The van der Waals surface area contributed by atoms with Gasteiger partial charge in [-0.25, -0.2) is 4.57 Å². The lowest BCUT2D eigenvalue weighted by atomic mass is 9.44. The van der Waals surface area contributed by atoms with E-state index in [1.165, 1.54) is 11.8 Å². The van der Waals surface area contributed by atoms with Crippen LogP contribution in [0.3, 0.4) is 0 Å². The Kier molecular flexibility index (Phi) is 9.85. The molecule has 6 nitrogen and oxygen atoms in total. The first kappa shape index (κ1) is 32.0. The number of ether oxygens (including phenoxy) is 2. The molecule has 3 aliphatic carbocycles. The van der Waals surface area contributed by atoms with Gasteiger partial charge in [0, 0.05) is 46.8 Å². The van der Waals surface area contributed by atoms with Crippen LogP contribution in [0.25, 0.3) is 0 Å². The number of rotatable bonds is 7. The molecule has 4 aliphatic rings.